The van der Waals surface area contributed by atoms with Gasteiger partial charge in [-0.15, -0.1) is 11.8 Å². The average molecular weight is 368 g/mol. The lowest BCUT2D eigenvalue weighted by Crippen LogP contribution is -2.71. The van der Waals surface area contributed by atoms with Crippen LogP contribution in [-0.2, 0) is 9.53 Å². The van der Waals surface area contributed by atoms with Gasteiger partial charge in [-0.05, 0) is 28.4 Å². The first-order valence-electron chi connectivity index (χ1n) is 6.49. The van der Waals surface area contributed by atoms with Crippen LogP contribution >= 0.6 is 27.7 Å². The number of thioether (sulfide) groups is 1. The minimum Gasteiger partial charge on any atom is -0.356 e. The molecule has 0 saturated carbocycles. The highest BCUT2D eigenvalue weighted by molar-refractivity contribution is 9.10. The van der Waals surface area contributed by atoms with Crippen LogP contribution in [0.3, 0.4) is 0 Å². The maximum Gasteiger partial charge on any atom is 0.274 e. The molecule has 1 fully saturated rings. The maximum atomic E-state index is 12.7. The number of carbonyl (C=O) groups excluding carboxylic acids is 2. The molecule has 0 spiro atoms. The van der Waals surface area contributed by atoms with Crippen molar-refractivity contribution in [1.82, 2.24) is 4.90 Å². The van der Waals surface area contributed by atoms with E-state index < -0.39 is 4.51 Å². The molecule has 3 rings (SSSR count). The lowest BCUT2D eigenvalue weighted by atomic mass is 9.99. The Morgan fingerprint density at radius 3 is 2.71 bits per heavy atom. The molecule has 1 amide bonds. The second-order valence-electron chi connectivity index (χ2n) is 5.01. The molecule has 0 aliphatic carbocycles. The van der Waals surface area contributed by atoms with E-state index in [1.807, 2.05) is 25.1 Å². The van der Waals surface area contributed by atoms with E-state index in [0.29, 0.717) is 17.0 Å². The van der Waals surface area contributed by atoms with Crippen LogP contribution in [-0.4, -0.2) is 39.3 Å². The van der Waals surface area contributed by atoms with Crippen molar-refractivity contribution in [2.24, 2.45) is 0 Å². The topological polar surface area (TPSA) is 46.6 Å². The van der Waals surface area contributed by atoms with Crippen LogP contribution in [0, 0.1) is 0 Å². The minimum atomic E-state index is -1.01. The van der Waals surface area contributed by atoms with Gasteiger partial charge < -0.3 is 4.74 Å². The summed E-state index contributed by atoms with van der Waals surface area (Å²) in [4.78, 5) is 26.7. The van der Waals surface area contributed by atoms with E-state index in [2.05, 4.69) is 15.9 Å². The zero-order valence-electron chi connectivity index (χ0n) is 11.6. The van der Waals surface area contributed by atoms with Crippen molar-refractivity contribution in [2.75, 3.05) is 12.9 Å². The fourth-order valence-corrected chi connectivity index (χ4v) is 4.67. The van der Waals surface area contributed by atoms with Gasteiger partial charge >= 0.3 is 0 Å². The zero-order chi connectivity index (χ0) is 15.2. The van der Waals surface area contributed by atoms with Crippen molar-refractivity contribution in [2.45, 2.75) is 16.8 Å². The van der Waals surface area contributed by atoms with E-state index >= 15 is 0 Å². The molecule has 2 aliphatic heterocycles. The summed E-state index contributed by atoms with van der Waals surface area (Å²) in [6.07, 6.45) is 0. The third-order valence-electron chi connectivity index (χ3n) is 3.71. The van der Waals surface area contributed by atoms with Crippen LogP contribution < -0.4 is 0 Å². The van der Waals surface area contributed by atoms with Gasteiger partial charge in [-0.3, -0.25) is 14.5 Å². The van der Waals surface area contributed by atoms with Crippen molar-refractivity contribution in [3.05, 3.63) is 47.2 Å². The Balaban J connectivity index is 1.99. The molecule has 2 atom stereocenters. The van der Waals surface area contributed by atoms with Crippen LogP contribution in [0.25, 0.3) is 0 Å². The average Bonchev–Trinajstić information content (AvgIpc) is 2.53. The van der Waals surface area contributed by atoms with E-state index in [-0.39, 0.29) is 17.1 Å². The molecule has 2 heterocycles. The summed E-state index contributed by atoms with van der Waals surface area (Å²) in [5.74, 6) is 0.372. The number of ketones is 1. The first kappa shape index (κ1) is 14.8. The number of carbonyl (C=O) groups is 2. The van der Waals surface area contributed by atoms with Crippen molar-refractivity contribution < 1.29 is 14.3 Å². The van der Waals surface area contributed by atoms with Gasteiger partial charge in [0.2, 0.25) is 10.3 Å². The molecule has 1 saturated heterocycles. The molecule has 4 nitrogen and oxygen atoms in total. The largest absolute Gasteiger partial charge is 0.356 e. The summed E-state index contributed by atoms with van der Waals surface area (Å²) in [6.45, 7) is 1.90. The SMILES string of the molecule is COC1(Br)C(=O)N2C(C(=O)c3ccccc3)=C(C)CSC21. The molecule has 2 aliphatic rings. The number of rotatable bonds is 3. The lowest BCUT2D eigenvalue weighted by molar-refractivity contribution is -0.162. The Labute approximate surface area is 135 Å². The number of β-lactam (4-membered cyclic amide) rings is 1. The van der Waals surface area contributed by atoms with E-state index in [9.17, 15) is 9.59 Å². The molecule has 0 N–H and O–H groups in total. The smallest absolute Gasteiger partial charge is 0.274 e. The lowest BCUT2D eigenvalue weighted by Gasteiger charge is -2.53. The standard InChI is InChI=1S/C15H14BrNO3S/c1-9-8-21-14-15(16,20-2)13(19)17(14)11(9)12(18)10-6-4-3-5-7-10/h3-7,14H,8H2,1-2H3. The number of hydrogen-bond acceptors (Lipinski definition) is 4. The van der Waals surface area contributed by atoms with Gasteiger partial charge in [0.1, 0.15) is 5.37 Å². The van der Waals surface area contributed by atoms with E-state index in [0.717, 1.165) is 5.57 Å². The van der Waals surface area contributed by atoms with Gasteiger partial charge in [-0.2, -0.15) is 0 Å². The number of hydrogen-bond donors (Lipinski definition) is 0. The number of benzene rings is 1. The summed E-state index contributed by atoms with van der Waals surface area (Å²) in [5, 5.41) is -0.207. The van der Waals surface area contributed by atoms with Crippen molar-refractivity contribution in [3.8, 4) is 0 Å². The van der Waals surface area contributed by atoms with Crippen LogP contribution in [0.15, 0.2) is 41.6 Å². The zero-order valence-corrected chi connectivity index (χ0v) is 14.0. The Morgan fingerprint density at radius 1 is 1.43 bits per heavy atom. The van der Waals surface area contributed by atoms with Gasteiger partial charge in [0.25, 0.3) is 5.91 Å². The van der Waals surface area contributed by atoms with E-state index in [4.69, 9.17) is 4.74 Å². The summed E-state index contributed by atoms with van der Waals surface area (Å²) < 4.78 is 4.28. The van der Waals surface area contributed by atoms with Crippen LogP contribution in [0.4, 0.5) is 0 Å². The van der Waals surface area contributed by atoms with Crippen LogP contribution in [0.5, 0.6) is 0 Å². The molecule has 0 bridgehead atoms. The summed E-state index contributed by atoms with van der Waals surface area (Å²) in [6, 6.07) is 9.03. The predicted octanol–water partition coefficient (Wildman–Crippen LogP) is 2.80. The first-order chi connectivity index (χ1) is 10.0. The fraction of sp³-hybridized carbons (Fsp3) is 0.333. The maximum absolute atomic E-state index is 12.7. The van der Waals surface area contributed by atoms with Crippen LogP contribution in [0.1, 0.15) is 17.3 Å². The summed E-state index contributed by atoms with van der Waals surface area (Å²) in [7, 11) is 1.49. The molecule has 2 unspecified atom stereocenters. The van der Waals surface area contributed by atoms with Gasteiger partial charge in [0.05, 0.1) is 5.70 Å². The highest BCUT2D eigenvalue weighted by atomic mass is 79.9. The summed E-state index contributed by atoms with van der Waals surface area (Å²) in [5.41, 5.74) is 2.00. The normalized spacial score (nSPS) is 28.2. The molecule has 0 aromatic heterocycles. The monoisotopic (exact) mass is 367 g/mol. The second-order valence-corrected chi connectivity index (χ2v) is 7.26. The molecule has 21 heavy (non-hydrogen) atoms. The third-order valence-corrected chi connectivity index (χ3v) is 6.57. The second kappa shape index (κ2) is 5.26. The number of halogens is 1. The fourth-order valence-electron chi connectivity index (χ4n) is 2.57. The van der Waals surface area contributed by atoms with Gasteiger partial charge in [-0.25, -0.2) is 0 Å². The minimum absolute atomic E-state index is 0.114. The molecular weight excluding hydrogens is 354 g/mol. The Morgan fingerprint density at radius 2 is 2.10 bits per heavy atom. The molecule has 0 radical (unpaired) electrons. The molecule has 6 heteroatoms. The van der Waals surface area contributed by atoms with Crippen molar-refractivity contribution in [3.63, 3.8) is 0 Å². The number of methoxy groups -OCH3 is 1. The quantitative estimate of drug-likeness (QED) is 0.468. The Kier molecular flexibility index (Phi) is 3.71. The Bertz CT molecular complexity index is 646. The van der Waals surface area contributed by atoms with Gasteiger partial charge in [-0.1, -0.05) is 30.3 Å². The molecule has 110 valence electrons. The number of ether oxygens (including phenoxy) is 1. The first-order valence-corrected chi connectivity index (χ1v) is 8.33. The van der Waals surface area contributed by atoms with E-state index in [1.165, 1.54) is 7.11 Å². The molecule has 1 aromatic carbocycles. The number of amides is 1. The Hall–Kier alpha value is -1.11. The van der Waals surface area contributed by atoms with Gasteiger partial charge in [0.15, 0.2) is 0 Å². The van der Waals surface area contributed by atoms with Crippen molar-refractivity contribution in [1.29, 1.82) is 0 Å². The highest BCUT2D eigenvalue weighted by Gasteiger charge is 2.63. The predicted molar refractivity (Wildman–Crippen MR) is 85.2 cm³/mol. The number of fused-ring (bicyclic) bond motifs is 1. The van der Waals surface area contributed by atoms with Gasteiger partial charge in [0, 0.05) is 18.4 Å². The van der Waals surface area contributed by atoms with E-state index in [1.54, 1.807) is 28.8 Å². The molecule has 1 aromatic rings. The summed E-state index contributed by atoms with van der Waals surface area (Å²) >= 11 is 4.95. The number of allylic oxidation sites excluding steroid dienone is 1. The molecular formula is C15H14BrNO3S. The number of alkyl halides is 1. The third kappa shape index (κ3) is 2.08. The number of nitrogens with zero attached hydrogens (tertiary/aromatic N) is 1. The van der Waals surface area contributed by atoms with Crippen LogP contribution in [0.2, 0.25) is 0 Å². The number of Topliss-reactive ketones (excluding diaryl/α,β-unsaturated/α-hetero) is 1. The van der Waals surface area contributed by atoms with Crippen molar-refractivity contribution >= 4 is 39.4 Å². The highest BCUT2D eigenvalue weighted by Crippen LogP contribution is 2.51.